The topological polar surface area (TPSA) is 72.2 Å². The van der Waals surface area contributed by atoms with Crippen LogP contribution in [0.3, 0.4) is 0 Å². The maximum absolute atomic E-state index is 12.7. The molecule has 27 heavy (non-hydrogen) atoms. The van der Waals surface area contributed by atoms with E-state index in [0.29, 0.717) is 11.5 Å². The molecule has 0 bridgehead atoms. The highest BCUT2D eigenvalue weighted by Gasteiger charge is 2.15. The number of aromatic nitrogens is 4. The molecule has 0 unspecified atom stereocenters. The fourth-order valence-corrected chi connectivity index (χ4v) is 3.74. The number of carbonyl (C=O) groups is 1. The number of fused-ring (bicyclic) bond motifs is 1. The molecule has 0 fully saturated rings. The number of carbonyl (C=O) groups excluding carboxylic acids is 1. The summed E-state index contributed by atoms with van der Waals surface area (Å²) in [7, 11) is 0. The molecule has 0 saturated heterocycles. The second kappa shape index (κ2) is 6.92. The zero-order chi connectivity index (χ0) is 19.0. The van der Waals surface area contributed by atoms with Gasteiger partial charge in [0.1, 0.15) is 5.01 Å². The van der Waals surface area contributed by atoms with Gasteiger partial charge in [-0.05, 0) is 42.7 Å². The molecule has 0 spiro atoms. The molecule has 0 aliphatic rings. The molecule has 0 saturated carbocycles. The Morgan fingerprint density at radius 1 is 1.07 bits per heavy atom. The van der Waals surface area contributed by atoms with Gasteiger partial charge in [0.2, 0.25) is 4.96 Å². The number of rotatable bonds is 4. The Labute approximate surface area is 160 Å². The third kappa shape index (κ3) is 3.33. The summed E-state index contributed by atoms with van der Waals surface area (Å²) >= 11 is 1.44. The number of nitrogens with one attached hydrogen (secondary N) is 1. The first-order valence-corrected chi connectivity index (χ1v) is 9.54. The van der Waals surface area contributed by atoms with Crippen molar-refractivity contribution >= 4 is 27.9 Å². The maximum atomic E-state index is 12.7. The first kappa shape index (κ1) is 17.4. The van der Waals surface area contributed by atoms with E-state index in [2.05, 4.69) is 34.5 Å². The predicted molar refractivity (Wildman–Crippen MR) is 107 cm³/mol. The Balaban J connectivity index is 1.63. The van der Waals surface area contributed by atoms with E-state index < -0.39 is 0 Å². The van der Waals surface area contributed by atoms with Gasteiger partial charge in [-0.1, -0.05) is 49.4 Å². The fourth-order valence-electron chi connectivity index (χ4n) is 2.82. The van der Waals surface area contributed by atoms with Crippen LogP contribution in [-0.2, 0) is 0 Å². The van der Waals surface area contributed by atoms with E-state index >= 15 is 0 Å². The molecule has 0 aliphatic carbocycles. The zero-order valence-electron chi connectivity index (χ0n) is 15.3. The molecular formula is C20H19N5OS. The molecule has 1 amide bonds. The standard InChI is InChI=1S/C20H19N5OS/c1-12(2)14-8-10-15(11-9-14)18(26)21-17-7-5-4-6-16(17)19-24-25-13(3)22-23-20(25)27-19/h4-12H,1-3H3,(H,21,26). The number of anilines is 1. The lowest BCUT2D eigenvalue weighted by atomic mass is 10.0. The fraction of sp³-hybridized carbons (Fsp3) is 0.200. The van der Waals surface area contributed by atoms with Gasteiger partial charge in [0.25, 0.3) is 5.91 Å². The van der Waals surface area contributed by atoms with Gasteiger partial charge in [0.05, 0.1) is 5.69 Å². The first-order chi connectivity index (χ1) is 13.0. The summed E-state index contributed by atoms with van der Waals surface area (Å²) in [6.07, 6.45) is 0. The molecule has 2 heterocycles. The smallest absolute Gasteiger partial charge is 0.255 e. The molecular weight excluding hydrogens is 358 g/mol. The first-order valence-electron chi connectivity index (χ1n) is 8.72. The van der Waals surface area contributed by atoms with Gasteiger partial charge in [-0.3, -0.25) is 4.79 Å². The second-order valence-corrected chi connectivity index (χ2v) is 7.58. The van der Waals surface area contributed by atoms with Gasteiger partial charge in [-0.2, -0.15) is 9.61 Å². The summed E-state index contributed by atoms with van der Waals surface area (Å²) < 4.78 is 1.71. The normalized spacial score (nSPS) is 11.3. The third-order valence-corrected chi connectivity index (χ3v) is 5.32. The molecule has 6 nitrogen and oxygen atoms in total. The number of benzene rings is 2. The van der Waals surface area contributed by atoms with Crippen molar-refractivity contribution in [2.24, 2.45) is 0 Å². The van der Waals surface area contributed by atoms with Crippen molar-refractivity contribution < 1.29 is 4.79 Å². The number of nitrogens with zero attached hydrogens (tertiary/aromatic N) is 4. The monoisotopic (exact) mass is 377 g/mol. The van der Waals surface area contributed by atoms with Crippen molar-refractivity contribution in [3.8, 4) is 10.6 Å². The number of para-hydroxylation sites is 1. The molecule has 4 rings (SSSR count). The summed E-state index contributed by atoms with van der Waals surface area (Å²) in [6, 6.07) is 15.4. The van der Waals surface area contributed by atoms with Gasteiger partial charge in [0, 0.05) is 11.1 Å². The summed E-state index contributed by atoms with van der Waals surface area (Å²) in [5.74, 6) is 1.03. The van der Waals surface area contributed by atoms with E-state index in [-0.39, 0.29) is 5.91 Å². The Morgan fingerprint density at radius 2 is 1.81 bits per heavy atom. The minimum Gasteiger partial charge on any atom is -0.321 e. The van der Waals surface area contributed by atoms with Gasteiger partial charge in [0.15, 0.2) is 5.82 Å². The van der Waals surface area contributed by atoms with Crippen molar-refractivity contribution in [1.82, 2.24) is 19.8 Å². The summed E-state index contributed by atoms with van der Waals surface area (Å²) in [5, 5.41) is 16.5. The summed E-state index contributed by atoms with van der Waals surface area (Å²) in [6.45, 7) is 6.12. The van der Waals surface area contributed by atoms with E-state index in [1.54, 1.807) is 4.52 Å². The lowest BCUT2D eigenvalue weighted by Crippen LogP contribution is -2.12. The lowest BCUT2D eigenvalue weighted by molar-refractivity contribution is 0.102. The number of amides is 1. The van der Waals surface area contributed by atoms with E-state index in [1.807, 2.05) is 55.5 Å². The van der Waals surface area contributed by atoms with Crippen LogP contribution >= 0.6 is 11.3 Å². The van der Waals surface area contributed by atoms with Crippen LogP contribution in [0, 0.1) is 6.92 Å². The quantitative estimate of drug-likeness (QED) is 0.567. The molecule has 2 aromatic carbocycles. The van der Waals surface area contributed by atoms with Crippen molar-refractivity contribution in [1.29, 1.82) is 0 Å². The Hall–Kier alpha value is -3.06. The molecule has 1 N–H and O–H groups in total. The van der Waals surface area contributed by atoms with Gasteiger partial charge < -0.3 is 5.32 Å². The van der Waals surface area contributed by atoms with Gasteiger partial charge in [-0.15, -0.1) is 10.2 Å². The van der Waals surface area contributed by atoms with Crippen molar-refractivity contribution in [2.75, 3.05) is 5.32 Å². The SMILES string of the molecule is Cc1nnc2sc(-c3ccccc3NC(=O)c3ccc(C(C)C)cc3)nn12. The summed E-state index contributed by atoms with van der Waals surface area (Å²) in [4.78, 5) is 13.4. The Kier molecular flexibility index (Phi) is 4.45. The van der Waals surface area contributed by atoms with Crippen LogP contribution in [0.15, 0.2) is 48.5 Å². The van der Waals surface area contributed by atoms with Crippen molar-refractivity contribution in [3.63, 3.8) is 0 Å². The van der Waals surface area contributed by atoms with Gasteiger partial charge in [-0.25, -0.2) is 0 Å². The van der Waals surface area contributed by atoms with E-state index in [1.165, 1.54) is 16.9 Å². The van der Waals surface area contributed by atoms with E-state index in [0.717, 1.165) is 27.0 Å². The van der Waals surface area contributed by atoms with Crippen molar-refractivity contribution in [3.05, 3.63) is 65.5 Å². The average molecular weight is 377 g/mol. The minimum atomic E-state index is -0.142. The Bertz CT molecular complexity index is 1110. The number of hydrogen-bond donors (Lipinski definition) is 1. The molecule has 0 aliphatic heterocycles. The average Bonchev–Trinajstić information content (AvgIpc) is 3.24. The second-order valence-electron chi connectivity index (χ2n) is 6.63. The maximum Gasteiger partial charge on any atom is 0.255 e. The van der Waals surface area contributed by atoms with Gasteiger partial charge >= 0.3 is 0 Å². The van der Waals surface area contributed by atoms with Crippen LogP contribution in [0.25, 0.3) is 15.5 Å². The highest BCUT2D eigenvalue weighted by molar-refractivity contribution is 7.19. The van der Waals surface area contributed by atoms with Crippen molar-refractivity contribution in [2.45, 2.75) is 26.7 Å². The van der Waals surface area contributed by atoms with Crippen LogP contribution < -0.4 is 5.32 Å². The van der Waals surface area contributed by atoms with E-state index in [4.69, 9.17) is 0 Å². The predicted octanol–water partition coefficient (Wildman–Crippen LogP) is 4.54. The molecule has 7 heteroatoms. The van der Waals surface area contributed by atoms with Crippen LogP contribution in [0.4, 0.5) is 5.69 Å². The Morgan fingerprint density at radius 3 is 2.52 bits per heavy atom. The summed E-state index contributed by atoms with van der Waals surface area (Å²) in [5.41, 5.74) is 3.42. The molecule has 136 valence electrons. The van der Waals surface area contributed by atoms with Crippen LogP contribution in [0.2, 0.25) is 0 Å². The molecule has 0 radical (unpaired) electrons. The third-order valence-electron chi connectivity index (χ3n) is 4.39. The number of aryl methyl sites for hydroxylation is 1. The number of hydrogen-bond acceptors (Lipinski definition) is 5. The zero-order valence-corrected chi connectivity index (χ0v) is 16.1. The van der Waals surface area contributed by atoms with Crippen LogP contribution in [0.1, 0.15) is 41.5 Å². The largest absolute Gasteiger partial charge is 0.321 e. The minimum absolute atomic E-state index is 0.142. The lowest BCUT2D eigenvalue weighted by Gasteiger charge is -2.10. The molecule has 4 aromatic rings. The highest BCUT2D eigenvalue weighted by atomic mass is 32.1. The van der Waals surface area contributed by atoms with Crippen LogP contribution in [-0.4, -0.2) is 25.7 Å². The highest BCUT2D eigenvalue weighted by Crippen LogP contribution is 2.31. The van der Waals surface area contributed by atoms with Crippen LogP contribution in [0.5, 0.6) is 0 Å². The molecule has 0 atom stereocenters. The van der Waals surface area contributed by atoms with E-state index in [9.17, 15) is 4.79 Å². The molecule has 2 aromatic heterocycles.